The van der Waals surface area contributed by atoms with Gasteiger partial charge in [-0.2, -0.15) is 0 Å². The summed E-state index contributed by atoms with van der Waals surface area (Å²) in [6, 6.07) is 47.7. The molecule has 0 spiro atoms. The third-order valence-corrected chi connectivity index (χ3v) is 8.23. The fourth-order valence-electron chi connectivity index (χ4n) is 6.21. The van der Waals surface area contributed by atoms with Gasteiger partial charge in [-0.3, -0.25) is 0 Å². The van der Waals surface area contributed by atoms with E-state index in [4.69, 9.17) is 7.85 Å². The zero-order chi connectivity index (χ0) is 26.6. The summed E-state index contributed by atoms with van der Waals surface area (Å²) >= 11 is 0. The van der Waals surface area contributed by atoms with Crippen LogP contribution in [0.4, 0.5) is 17.1 Å². The van der Waals surface area contributed by atoms with Crippen LogP contribution in [-0.2, 0) is 5.41 Å². The second kappa shape index (κ2) is 9.03. The first kappa shape index (κ1) is 23.6. The lowest BCUT2D eigenvalue weighted by Crippen LogP contribution is -2.16. The van der Waals surface area contributed by atoms with Crippen molar-refractivity contribution in [3.05, 3.63) is 145 Å². The Hall–Kier alpha value is -4.56. The zero-order valence-corrected chi connectivity index (χ0v) is 22.2. The molecule has 7 rings (SSSR count). The summed E-state index contributed by atoms with van der Waals surface area (Å²) in [7, 11) is 6.30. The van der Waals surface area contributed by atoms with E-state index in [0.29, 0.717) is 0 Å². The monoisotopic (exact) mass is 497 g/mol. The van der Waals surface area contributed by atoms with Crippen LogP contribution in [0, 0.1) is 0 Å². The molecule has 0 bridgehead atoms. The number of anilines is 3. The molecule has 184 valence electrons. The van der Waals surface area contributed by atoms with Crippen molar-refractivity contribution in [2.24, 2.45) is 0 Å². The maximum atomic E-state index is 6.30. The fourth-order valence-corrected chi connectivity index (χ4v) is 6.21. The maximum Gasteiger partial charge on any atom is 0.114 e. The molecular weight excluding hydrogens is 469 g/mol. The van der Waals surface area contributed by atoms with Gasteiger partial charge in [-0.05, 0) is 69.1 Å². The van der Waals surface area contributed by atoms with E-state index in [2.05, 4.69) is 134 Å². The number of fused-ring (bicyclic) bond motifs is 4. The van der Waals surface area contributed by atoms with E-state index in [1.165, 1.54) is 33.0 Å². The molecule has 2 heteroatoms. The third kappa shape index (κ3) is 3.79. The van der Waals surface area contributed by atoms with Crippen molar-refractivity contribution in [1.29, 1.82) is 0 Å². The SMILES string of the molecule is [B]c1ccccc1-c1ccc(N(c2ccc3c(c2)C(C)(C)c2ccccc2-3)c2cccc3ccccc23)cc1. The molecule has 0 aliphatic heterocycles. The van der Waals surface area contributed by atoms with E-state index < -0.39 is 0 Å². The van der Waals surface area contributed by atoms with Crippen LogP contribution in [0.3, 0.4) is 0 Å². The average molecular weight is 497 g/mol. The highest BCUT2D eigenvalue weighted by Gasteiger charge is 2.35. The molecule has 0 saturated heterocycles. The van der Waals surface area contributed by atoms with Gasteiger partial charge in [0.25, 0.3) is 0 Å². The zero-order valence-electron chi connectivity index (χ0n) is 22.2. The van der Waals surface area contributed by atoms with Crippen LogP contribution in [0.25, 0.3) is 33.0 Å². The minimum absolute atomic E-state index is 0.0684. The van der Waals surface area contributed by atoms with Gasteiger partial charge in [0, 0.05) is 22.2 Å². The van der Waals surface area contributed by atoms with Gasteiger partial charge < -0.3 is 4.90 Å². The molecule has 2 radical (unpaired) electrons. The second-order valence-electron chi connectivity index (χ2n) is 10.9. The highest BCUT2D eigenvalue weighted by Crippen LogP contribution is 2.51. The van der Waals surface area contributed by atoms with Gasteiger partial charge in [0.2, 0.25) is 0 Å². The normalized spacial score (nSPS) is 13.2. The van der Waals surface area contributed by atoms with Crippen LogP contribution >= 0.6 is 0 Å². The van der Waals surface area contributed by atoms with Crippen molar-refractivity contribution in [2.75, 3.05) is 4.90 Å². The Labute approximate surface area is 231 Å². The van der Waals surface area contributed by atoms with E-state index in [1.54, 1.807) is 0 Å². The smallest absolute Gasteiger partial charge is 0.114 e. The Morgan fingerprint density at radius 1 is 0.538 bits per heavy atom. The number of hydrogen-bond donors (Lipinski definition) is 0. The number of rotatable bonds is 4. The second-order valence-corrected chi connectivity index (χ2v) is 10.9. The van der Waals surface area contributed by atoms with Gasteiger partial charge >= 0.3 is 0 Å². The van der Waals surface area contributed by atoms with E-state index in [0.717, 1.165) is 33.7 Å². The van der Waals surface area contributed by atoms with Crippen LogP contribution in [0.1, 0.15) is 25.0 Å². The minimum atomic E-state index is -0.0684. The summed E-state index contributed by atoms with van der Waals surface area (Å²) in [4.78, 5) is 2.39. The molecular formula is C37H28BN. The molecule has 6 aromatic rings. The standard InChI is InChI=1S/C37H28BN/c1-37(2)33-15-7-5-14-31(33)32-23-22-28(24-34(32)37)39(36-17-9-11-25-10-3-4-13-30(25)36)27-20-18-26(19-21-27)29-12-6-8-16-35(29)38/h3-24H,1-2H3. The molecule has 0 atom stereocenters. The van der Waals surface area contributed by atoms with E-state index >= 15 is 0 Å². The van der Waals surface area contributed by atoms with Crippen molar-refractivity contribution >= 4 is 41.1 Å². The number of benzene rings is 6. The Bertz CT molecular complexity index is 1840. The van der Waals surface area contributed by atoms with Crippen LogP contribution in [0.2, 0.25) is 0 Å². The van der Waals surface area contributed by atoms with Gasteiger partial charge in [0.1, 0.15) is 7.85 Å². The van der Waals surface area contributed by atoms with Crippen molar-refractivity contribution in [1.82, 2.24) is 0 Å². The highest BCUT2D eigenvalue weighted by atomic mass is 15.1. The van der Waals surface area contributed by atoms with Gasteiger partial charge in [-0.1, -0.05) is 122 Å². The van der Waals surface area contributed by atoms with Crippen LogP contribution < -0.4 is 10.4 Å². The third-order valence-electron chi connectivity index (χ3n) is 8.23. The van der Waals surface area contributed by atoms with Crippen LogP contribution in [0.15, 0.2) is 133 Å². The van der Waals surface area contributed by atoms with Gasteiger partial charge in [-0.15, -0.1) is 0 Å². The van der Waals surface area contributed by atoms with Crippen molar-refractivity contribution in [3.63, 3.8) is 0 Å². The summed E-state index contributed by atoms with van der Waals surface area (Å²) in [5, 5.41) is 2.45. The fraction of sp³-hybridized carbons (Fsp3) is 0.0811. The Balaban J connectivity index is 1.42. The molecule has 6 aromatic carbocycles. The van der Waals surface area contributed by atoms with Gasteiger partial charge in [-0.25, -0.2) is 0 Å². The largest absolute Gasteiger partial charge is 0.310 e. The quantitative estimate of drug-likeness (QED) is 0.220. The molecule has 0 unspecified atom stereocenters. The lowest BCUT2D eigenvalue weighted by molar-refractivity contribution is 0.660. The minimum Gasteiger partial charge on any atom is -0.310 e. The molecule has 0 aromatic heterocycles. The first-order valence-electron chi connectivity index (χ1n) is 13.5. The molecule has 39 heavy (non-hydrogen) atoms. The van der Waals surface area contributed by atoms with Crippen molar-refractivity contribution in [3.8, 4) is 22.3 Å². The van der Waals surface area contributed by atoms with E-state index in [-0.39, 0.29) is 5.41 Å². The summed E-state index contributed by atoms with van der Waals surface area (Å²) in [5.74, 6) is 0. The first-order chi connectivity index (χ1) is 19.0. The van der Waals surface area contributed by atoms with Crippen molar-refractivity contribution in [2.45, 2.75) is 19.3 Å². The molecule has 1 aliphatic rings. The lowest BCUT2D eigenvalue weighted by Gasteiger charge is -2.29. The average Bonchev–Trinajstić information content (AvgIpc) is 3.20. The first-order valence-corrected chi connectivity index (χ1v) is 13.5. The van der Waals surface area contributed by atoms with Crippen LogP contribution in [-0.4, -0.2) is 7.85 Å². The van der Waals surface area contributed by atoms with Gasteiger partial charge in [0.05, 0.1) is 5.69 Å². The summed E-state index contributed by atoms with van der Waals surface area (Å²) < 4.78 is 0. The van der Waals surface area contributed by atoms with Crippen molar-refractivity contribution < 1.29 is 0 Å². The van der Waals surface area contributed by atoms with E-state index in [1.807, 2.05) is 18.2 Å². The Morgan fingerprint density at radius 3 is 2.00 bits per heavy atom. The van der Waals surface area contributed by atoms with Gasteiger partial charge in [0.15, 0.2) is 0 Å². The molecule has 0 heterocycles. The summed E-state index contributed by atoms with van der Waals surface area (Å²) in [5.41, 5.74) is 11.7. The molecule has 1 nitrogen and oxygen atoms in total. The molecule has 1 aliphatic carbocycles. The summed E-state index contributed by atoms with van der Waals surface area (Å²) in [6.07, 6.45) is 0. The Morgan fingerprint density at radius 2 is 1.18 bits per heavy atom. The topological polar surface area (TPSA) is 3.24 Å². The maximum absolute atomic E-state index is 6.30. The van der Waals surface area contributed by atoms with E-state index in [9.17, 15) is 0 Å². The molecule has 0 fully saturated rings. The predicted molar refractivity (Wildman–Crippen MR) is 167 cm³/mol. The Kier molecular flexibility index (Phi) is 5.45. The van der Waals surface area contributed by atoms with Crippen LogP contribution in [0.5, 0.6) is 0 Å². The molecule has 0 N–H and O–H groups in total. The predicted octanol–water partition coefficient (Wildman–Crippen LogP) is 9.08. The number of hydrogen-bond acceptors (Lipinski definition) is 1. The number of nitrogens with zero attached hydrogens (tertiary/aromatic N) is 1. The highest BCUT2D eigenvalue weighted by molar-refractivity contribution is 6.35. The summed E-state index contributed by atoms with van der Waals surface area (Å²) in [6.45, 7) is 4.67. The molecule has 0 amide bonds. The lowest BCUT2D eigenvalue weighted by atomic mass is 9.82. The molecule has 0 saturated carbocycles.